The molecular formula is C22H29N5O2S. The lowest BCUT2D eigenvalue weighted by molar-refractivity contribution is -0.119. The number of fused-ring (bicyclic) bond motifs is 1. The number of aromatic nitrogens is 3. The molecule has 1 aromatic carbocycles. The van der Waals surface area contributed by atoms with Gasteiger partial charge in [0.2, 0.25) is 0 Å². The molecule has 1 fully saturated rings. The molecule has 2 aromatic heterocycles. The summed E-state index contributed by atoms with van der Waals surface area (Å²) in [5, 5.41) is 5.23. The molecule has 160 valence electrons. The van der Waals surface area contributed by atoms with Crippen LogP contribution in [0.3, 0.4) is 0 Å². The topological polar surface area (TPSA) is 63.5 Å². The van der Waals surface area contributed by atoms with Crippen molar-refractivity contribution in [3.05, 3.63) is 40.7 Å². The molecule has 3 heterocycles. The third-order valence-electron chi connectivity index (χ3n) is 5.47. The van der Waals surface area contributed by atoms with Crippen LogP contribution in [0, 0.1) is 27.7 Å². The third-order valence-corrected chi connectivity index (χ3v) is 6.70. The van der Waals surface area contributed by atoms with Crippen LogP contribution >= 0.6 is 11.3 Å². The van der Waals surface area contributed by atoms with E-state index in [1.165, 1.54) is 11.1 Å². The molecule has 4 rings (SSSR count). The highest BCUT2D eigenvalue weighted by Gasteiger charge is 2.23. The van der Waals surface area contributed by atoms with Gasteiger partial charge in [0.25, 0.3) is 5.91 Å². The Bertz CT molecular complexity index is 1050. The smallest absolute Gasteiger partial charge is 0.250 e. The summed E-state index contributed by atoms with van der Waals surface area (Å²) in [4.78, 5) is 22.4. The van der Waals surface area contributed by atoms with E-state index in [-0.39, 0.29) is 12.5 Å². The first-order valence-corrected chi connectivity index (χ1v) is 11.2. The van der Waals surface area contributed by atoms with Crippen molar-refractivity contribution in [2.45, 2.75) is 34.2 Å². The second-order valence-electron chi connectivity index (χ2n) is 8.01. The Morgan fingerprint density at radius 3 is 2.63 bits per heavy atom. The van der Waals surface area contributed by atoms with Gasteiger partial charge < -0.3 is 4.74 Å². The van der Waals surface area contributed by atoms with Gasteiger partial charge in [0.05, 0.1) is 29.1 Å². The van der Waals surface area contributed by atoms with Crippen molar-refractivity contribution < 1.29 is 9.53 Å². The normalized spacial score (nSPS) is 15.1. The minimum absolute atomic E-state index is 0.0166. The maximum Gasteiger partial charge on any atom is 0.250 e. The number of carbonyl (C=O) groups excluding carboxylic acids is 1. The summed E-state index contributed by atoms with van der Waals surface area (Å²) in [6, 6.07) is 6.25. The van der Waals surface area contributed by atoms with E-state index >= 15 is 0 Å². The van der Waals surface area contributed by atoms with Gasteiger partial charge in [0, 0.05) is 31.9 Å². The van der Waals surface area contributed by atoms with Crippen LogP contribution in [-0.4, -0.2) is 65.0 Å². The first-order chi connectivity index (χ1) is 14.4. The van der Waals surface area contributed by atoms with Gasteiger partial charge in [-0.3, -0.25) is 19.3 Å². The zero-order valence-electron chi connectivity index (χ0n) is 18.1. The summed E-state index contributed by atoms with van der Waals surface area (Å²) in [5.74, 6) is 0.0166. The Kier molecular flexibility index (Phi) is 6.17. The number of hydrogen-bond acceptors (Lipinski definition) is 6. The van der Waals surface area contributed by atoms with Crippen molar-refractivity contribution in [1.29, 1.82) is 0 Å². The number of ether oxygens (including phenoxy) is 1. The molecule has 1 saturated heterocycles. The van der Waals surface area contributed by atoms with Gasteiger partial charge in [-0.05, 0) is 51.0 Å². The second kappa shape index (κ2) is 8.83. The highest BCUT2D eigenvalue weighted by molar-refractivity contribution is 7.22. The first-order valence-electron chi connectivity index (χ1n) is 10.4. The standard InChI is InChI=1S/C22H29N5O2S/c1-15-11-16(2)21-19(12-15)23-22(30-21)26(6-5-25-7-9-29-10-8-25)20(28)14-27-18(4)13-17(3)24-27/h11-13H,5-10,14H2,1-4H3. The summed E-state index contributed by atoms with van der Waals surface area (Å²) in [5.41, 5.74) is 5.26. The van der Waals surface area contributed by atoms with Crippen LogP contribution in [0.5, 0.6) is 0 Å². The van der Waals surface area contributed by atoms with Crippen molar-refractivity contribution in [3.63, 3.8) is 0 Å². The number of benzene rings is 1. The highest BCUT2D eigenvalue weighted by atomic mass is 32.1. The number of amides is 1. The van der Waals surface area contributed by atoms with E-state index in [1.807, 2.05) is 24.8 Å². The average Bonchev–Trinajstić information content (AvgIpc) is 3.25. The Morgan fingerprint density at radius 2 is 1.93 bits per heavy atom. The van der Waals surface area contributed by atoms with E-state index < -0.39 is 0 Å². The zero-order chi connectivity index (χ0) is 21.3. The molecule has 0 saturated carbocycles. The molecular weight excluding hydrogens is 398 g/mol. The maximum atomic E-state index is 13.4. The Labute approximate surface area is 181 Å². The molecule has 0 spiro atoms. The van der Waals surface area contributed by atoms with Gasteiger partial charge in [-0.2, -0.15) is 5.10 Å². The van der Waals surface area contributed by atoms with E-state index in [1.54, 1.807) is 16.0 Å². The number of anilines is 1. The molecule has 1 amide bonds. The van der Waals surface area contributed by atoms with Gasteiger partial charge in [-0.25, -0.2) is 4.98 Å². The fraction of sp³-hybridized carbons (Fsp3) is 0.500. The van der Waals surface area contributed by atoms with Crippen molar-refractivity contribution in [3.8, 4) is 0 Å². The number of hydrogen-bond donors (Lipinski definition) is 0. The van der Waals surface area contributed by atoms with Crippen LogP contribution in [-0.2, 0) is 16.1 Å². The number of morpholine rings is 1. The van der Waals surface area contributed by atoms with Gasteiger partial charge >= 0.3 is 0 Å². The van der Waals surface area contributed by atoms with Gasteiger partial charge in [-0.1, -0.05) is 17.4 Å². The zero-order valence-corrected chi connectivity index (χ0v) is 19.0. The predicted octanol–water partition coefficient (Wildman–Crippen LogP) is 3.09. The molecule has 0 bridgehead atoms. The lowest BCUT2D eigenvalue weighted by Crippen LogP contribution is -2.44. The van der Waals surface area contributed by atoms with E-state index in [0.717, 1.165) is 59.6 Å². The third kappa shape index (κ3) is 4.55. The molecule has 30 heavy (non-hydrogen) atoms. The van der Waals surface area contributed by atoms with E-state index in [4.69, 9.17) is 9.72 Å². The molecule has 8 heteroatoms. The lowest BCUT2D eigenvalue weighted by Gasteiger charge is -2.29. The van der Waals surface area contributed by atoms with Crippen molar-refractivity contribution in [2.24, 2.45) is 0 Å². The second-order valence-corrected chi connectivity index (χ2v) is 8.99. The summed E-state index contributed by atoms with van der Waals surface area (Å²) < 4.78 is 8.38. The molecule has 0 atom stereocenters. The molecule has 0 radical (unpaired) electrons. The Balaban J connectivity index is 1.61. The average molecular weight is 428 g/mol. The van der Waals surface area contributed by atoms with Crippen molar-refractivity contribution >= 4 is 32.6 Å². The molecule has 0 aliphatic carbocycles. The first kappa shape index (κ1) is 21.0. The molecule has 0 N–H and O–H groups in total. The number of rotatable bonds is 6. The Morgan fingerprint density at radius 1 is 1.17 bits per heavy atom. The van der Waals surface area contributed by atoms with Gasteiger partial charge in [0.1, 0.15) is 6.54 Å². The fourth-order valence-electron chi connectivity index (χ4n) is 3.92. The molecule has 3 aromatic rings. The summed E-state index contributed by atoms with van der Waals surface area (Å²) in [6.07, 6.45) is 0. The number of carbonyl (C=O) groups is 1. The SMILES string of the molecule is Cc1cc(C)c2sc(N(CCN3CCOCC3)C(=O)Cn3nc(C)cc3C)nc2c1. The quantitative estimate of drug-likeness (QED) is 0.605. The molecule has 1 aliphatic heterocycles. The van der Waals surface area contributed by atoms with Crippen LogP contribution in [0.4, 0.5) is 5.13 Å². The molecule has 1 aliphatic rings. The number of nitrogens with zero attached hydrogens (tertiary/aromatic N) is 5. The van der Waals surface area contributed by atoms with Crippen LogP contribution in [0.25, 0.3) is 10.2 Å². The lowest BCUT2D eigenvalue weighted by atomic mass is 10.1. The summed E-state index contributed by atoms with van der Waals surface area (Å²) in [6.45, 7) is 13.0. The van der Waals surface area contributed by atoms with Crippen LogP contribution < -0.4 is 4.90 Å². The van der Waals surface area contributed by atoms with Crippen molar-refractivity contribution in [1.82, 2.24) is 19.7 Å². The fourth-order valence-corrected chi connectivity index (χ4v) is 4.98. The minimum Gasteiger partial charge on any atom is -0.379 e. The van der Waals surface area contributed by atoms with Gasteiger partial charge in [-0.15, -0.1) is 0 Å². The van der Waals surface area contributed by atoms with Crippen LogP contribution in [0.1, 0.15) is 22.5 Å². The molecule has 7 nitrogen and oxygen atoms in total. The van der Waals surface area contributed by atoms with E-state index in [0.29, 0.717) is 6.54 Å². The van der Waals surface area contributed by atoms with Gasteiger partial charge in [0.15, 0.2) is 5.13 Å². The predicted molar refractivity (Wildman–Crippen MR) is 120 cm³/mol. The van der Waals surface area contributed by atoms with E-state index in [2.05, 4.69) is 36.0 Å². The monoisotopic (exact) mass is 427 g/mol. The summed E-state index contributed by atoms with van der Waals surface area (Å²) >= 11 is 1.60. The number of aryl methyl sites for hydroxylation is 4. The summed E-state index contributed by atoms with van der Waals surface area (Å²) in [7, 11) is 0. The maximum absolute atomic E-state index is 13.4. The Hall–Kier alpha value is -2.29. The number of thiazole rings is 1. The molecule has 0 unspecified atom stereocenters. The van der Waals surface area contributed by atoms with Crippen molar-refractivity contribution in [2.75, 3.05) is 44.3 Å². The van der Waals surface area contributed by atoms with E-state index in [9.17, 15) is 4.79 Å². The minimum atomic E-state index is 0.0166. The van der Waals surface area contributed by atoms with Crippen LogP contribution in [0.15, 0.2) is 18.2 Å². The van der Waals surface area contributed by atoms with Crippen LogP contribution in [0.2, 0.25) is 0 Å². The largest absolute Gasteiger partial charge is 0.379 e. The highest BCUT2D eigenvalue weighted by Crippen LogP contribution is 2.32.